The van der Waals surface area contributed by atoms with Crippen molar-refractivity contribution in [1.29, 1.82) is 0 Å². The molecule has 5 heteroatoms. The minimum Gasteiger partial charge on any atom is -0.480 e. The SMILES string of the molecule is CC(C)C[C@H](C(=O)O)N1CCC[C@]2(CCCN2)C1=O. The van der Waals surface area contributed by atoms with Gasteiger partial charge in [-0.25, -0.2) is 4.79 Å². The maximum absolute atomic E-state index is 12.7. The Balaban J connectivity index is 2.17. The van der Waals surface area contributed by atoms with Gasteiger partial charge in [0.15, 0.2) is 0 Å². The summed E-state index contributed by atoms with van der Waals surface area (Å²) in [5.74, 6) is -0.607. The zero-order valence-electron chi connectivity index (χ0n) is 11.8. The summed E-state index contributed by atoms with van der Waals surface area (Å²) < 4.78 is 0. The van der Waals surface area contributed by atoms with Crippen LogP contribution in [0, 0.1) is 5.92 Å². The smallest absolute Gasteiger partial charge is 0.326 e. The van der Waals surface area contributed by atoms with Gasteiger partial charge >= 0.3 is 5.97 Å². The molecule has 1 amide bonds. The number of aliphatic carboxylic acids is 1. The summed E-state index contributed by atoms with van der Waals surface area (Å²) in [6, 6.07) is -0.674. The first-order chi connectivity index (χ1) is 8.96. The van der Waals surface area contributed by atoms with Crippen LogP contribution in [0.5, 0.6) is 0 Å². The monoisotopic (exact) mass is 268 g/mol. The third-order valence-corrected chi connectivity index (χ3v) is 4.27. The maximum atomic E-state index is 12.7. The van der Waals surface area contributed by atoms with Gasteiger partial charge in [-0.15, -0.1) is 0 Å². The number of hydrogen-bond donors (Lipinski definition) is 2. The molecule has 1 spiro atoms. The number of carboxylic acid groups (broad SMARTS) is 1. The van der Waals surface area contributed by atoms with Crippen molar-refractivity contribution in [3.63, 3.8) is 0 Å². The lowest BCUT2D eigenvalue weighted by molar-refractivity contribution is -0.156. The van der Waals surface area contributed by atoms with E-state index in [0.29, 0.717) is 13.0 Å². The molecular weight excluding hydrogens is 244 g/mol. The summed E-state index contributed by atoms with van der Waals surface area (Å²) in [5.41, 5.74) is -0.469. The lowest BCUT2D eigenvalue weighted by Gasteiger charge is -2.42. The molecule has 108 valence electrons. The third-order valence-electron chi connectivity index (χ3n) is 4.27. The number of nitrogens with zero attached hydrogens (tertiary/aromatic N) is 1. The van der Waals surface area contributed by atoms with Gasteiger partial charge in [0, 0.05) is 6.54 Å². The van der Waals surface area contributed by atoms with Crippen LogP contribution in [0.2, 0.25) is 0 Å². The molecule has 0 bridgehead atoms. The Morgan fingerprint density at radius 2 is 2.11 bits per heavy atom. The highest BCUT2D eigenvalue weighted by Crippen LogP contribution is 2.32. The Hall–Kier alpha value is -1.10. The standard InChI is InChI=1S/C14H24N2O3/c1-10(2)9-11(12(17)18)16-8-4-6-14(13(16)19)5-3-7-15-14/h10-11,15H,3-9H2,1-2H3,(H,17,18)/t11-,14-/m1/s1. The van der Waals surface area contributed by atoms with E-state index in [4.69, 9.17) is 0 Å². The zero-order chi connectivity index (χ0) is 14.0. The van der Waals surface area contributed by atoms with Crippen molar-refractivity contribution in [1.82, 2.24) is 10.2 Å². The van der Waals surface area contributed by atoms with Crippen LogP contribution in [0.1, 0.15) is 46.0 Å². The van der Waals surface area contributed by atoms with Crippen molar-refractivity contribution in [2.75, 3.05) is 13.1 Å². The van der Waals surface area contributed by atoms with Crippen molar-refractivity contribution in [2.45, 2.75) is 57.5 Å². The van der Waals surface area contributed by atoms with E-state index in [9.17, 15) is 14.7 Å². The summed E-state index contributed by atoms with van der Waals surface area (Å²) in [7, 11) is 0. The molecular formula is C14H24N2O3. The quantitative estimate of drug-likeness (QED) is 0.804. The minimum atomic E-state index is -0.878. The molecule has 5 nitrogen and oxygen atoms in total. The van der Waals surface area contributed by atoms with Crippen molar-refractivity contribution < 1.29 is 14.7 Å². The fourth-order valence-electron chi connectivity index (χ4n) is 3.34. The molecule has 0 aromatic rings. The van der Waals surface area contributed by atoms with Crippen LogP contribution in [-0.4, -0.2) is 46.6 Å². The highest BCUT2D eigenvalue weighted by molar-refractivity contribution is 5.91. The van der Waals surface area contributed by atoms with E-state index in [2.05, 4.69) is 5.32 Å². The van der Waals surface area contributed by atoms with Crippen molar-refractivity contribution in [3.8, 4) is 0 Å². The summed E-state index contributed by atoms with van der Waals surface area (Å²) in [4.78, 5) is 25.7. The molecule has 2 aliphatic rings. The molecule has 0 aromatic heterocycles. The van der Waals surface area contributed by atoms with E-state index in [1.165, 1.54) is 0 Å². The van der Waals surface area contributed by atoms with Gasteiger partial charge in [-0.3, -0.25) is 4.79 Å². The molecule has 2 rings (SSSR count). The topological polar surface area (TPSA) is 69.6 Å². The second-order valence-corrected chi connectivity index (χ2v) is 6.20. The first kappa shape index (κ1) is 14.3. The van der Waals surface area contributed by atoms with Gasteiger partial charge < -0.3 is 15.3 Å². The first-order valence-corrected chi connectivity index (χ1v) is 7.25. The average Bonchev–Trinajstić information content (AvgIpc) is 2.79. The predicted molar refractivity (Wildman–Crippen MR) is 71.8 cm³/mol. The Morgan fingerprint density at radius 1 is 1.42 bits per heavy atom. The molecule has 2 atom stereocenters. The summed E-state index contributed by atoms with van der Waals surface area (Å²) >= 11 is 0. The van der Waals surface area contributed by atoms with Gasteiger partial charge in [0.2, 0.25) is 5.91 Å². The number of nitrogens with one attached hydrogen (secondary N) is 1. The van der Waals surface area contributed by atoms with E-state index < -0.39 is 17.6 Å². The van der Waals surface area contributed by atoms with E-state index >= 15 is 0 Å². The number of carbonyl (C=O) groups excluding carboxylic acids is 1. The zero-order valence-corrected chi connectivity index (χ0v) is 11.8. The number of hydrogen-bond acceptors (Lipinski definition) is 3. The van der Waals surface area contributed by atoms with Gasteiger partial charge in [0.05, 0.1) is 5.54 Å². The highest BCUT2D eigenvalue weighted by Gasteiger charge is 2.48. The molecule has 0 aromatic carbocycles. The Labute approximate surface area is 114 Å². The fourth-order valence-corrected chi connectivity index (χ4v) is 3.34. The van der Waals surface area contributed by atoms with Crippen LogP contribution < -0.4 is 5.32 Å². The summed E-state index contributed by atoms with van der Waals surface area (Å²) in [6.45, 7) is 5.43. The molecule has 0 unspecified atom stereocenters. The Morgan fingerprint density at radius 3 is 2.63 bits per heavy atom. The molecule has 2 saturated heterocycles. The second kappa shape index (κ2) is 5.49. The third kappa shape index (κ3) is 2.76. The summed E-state index contributed by atoms with van der Waals surface area (Å²) in [5, 5.41) is 12.7. The second-order valence-electron chi connectivity index (χ2n) is 6.20. The van der Waals surface area contributed by atoms with Crippen LogP contribution in [0.25, 0.3) is 0 Å². The van der Waals surface area contributed by atoms with E-state index in [1.54, 1.807) is 4.90 Å². The van der Waals surface area contributed by atoms with Crippen molar-refractivity contribution in [2.24, 2.45) is 5.92 Å². The van der Waals surface area contributed by atoms with Crippen LogP contribution in [0.3, 0.4) is 0 Å². The molecule has 0 radical (unpaired) electrons. The van der Waals surface area contributed by atoms with E-state index in [-0.39, 0.29) is 11.8 Å². The predicted octanol–water partition coefficient (Wildman–Crippen LogP) is 1.23. The lowest BCUT2D eigenvalue weighted by atomic mass is 9.85. The number of carbonyl (C=O) groups is 2. The first-order valence-electron chi connectivity index (χ1n) is 7.25. The van der Waals surface area contributed by atoms with Gasteiger partial charge in [0.25, 0.3) is 0 Å². The van der Waals surface area contributed by atoms with Gasteiger partial charge in [-0.1, -0.05) is 13.8 Å². The normalized spacial score (nSPS) is 29.2. The Kier molecular flexibility index (Phi) is 4.13. The molecule has 2 N–H and O–H groups in total. The fraction of sp³-hybridized carbons (Fsp3) is 0.857. The number of amides is 1. The van der Waals surface area contributed by atoms with Crippen molar-refractivity contribution >= 4 is 11.9 Å². The molecule has 19 heavy (non-hydrogen) atoms. The molecule has 2 fully saturated rings. The van der Waals surface area contributed by atoms with E-state index in [0.717, 1.165) is 32.2 Å². The molecule has 0 saturated carbocycles. The molecule has 2 aliphatic heterocycles. The summed E-state index contributed by atoms with van der Waals surface area (Å²) in [6.07, 6.45) is 4.10. The van der Waals surface area contributed by atoms with Gasteiger partial charge in [-0.2, -0.15) is 0 Å². The number of piperidine rings is 1. The van der Waals surface area contributed by atoms with Crippen molar-refractivity contribution in [3.05, 3.63) is 0 Å². The number of rotatable bonds is 4. The van der Waals surface area contributed by atoms with Crippen LogP contribution in [-0.2, 0) is 9.59 Å². The Bertz CT molecular complexity index is 362. The molecule has 0 aliphatic carbocycles. The van der Waals surface area contributed by atoms with E-state index in [1.807, 2.05) is 13.8 Å². The molecule has 2 heterocycles. The number of carboxylic acids is 1. The average molecular weight is 268 g/mol. The lowest BCUT2D eigenvalue weighted by Crippen LogP contribution is -2.62. The highest BCUT2D eigenvalue weighted by atomic mass is 16.4. The maximum Gasteiger partial charge on any atom is 0.326 e. The van der Waals surface area contributed by atoms with Crippen LogP contribution >= 0.6 is 0 Å². The van der Waals surface area contributed by atoms with Gasteiger partial charge in [0.1, 0.15) is 6.04 Å². The minimum absolute atomic E-state index is 0.00398. The van der Waals surface area contributed by atoms with Crippen LogP contribution in [0.15, 0.2) is 0 Å². The largest absolute Gasteiger partial charge is 0.480 e. The van der Waals surface area contributed by atoms with Gasteiger partial charge in [-0.05, 0) is 44.6 Å². The van der Waals surface area contributed by atoms with Crippen LogP contribution in [0.4, 0.5) is 0 Å². The number of likely N-dealkylation sites (tertiary alicyclic amines) is 1.